The molecule has 1 fully saturated rings. The zero-order chi connectivity index (χ0) is 12.4. The Morgan fingerprint density at radius 3 is 2.82 bits per heavy atom. The van der Waals surface area contributed by atoms with Crippen molar-refractivity contribution in [3.8, 4) is 0 Å². The van der Waals surface area contributed by atoms with Gasteiger partial charge in [0.2, 0.25) is 0 Å². The highest BCUT2D eigenvalue weighted by atomic mass is 15.2. The largest absolute Gasteiger partial charge is 0.356 e. The minimum Gasteiger partial charge on any atom is -0.356 e. The quantitative estimate of drug-likeness (QED) is 0.845. The first-order valence-electron chi connectivity index (χ1n) is 6.43. The summed E-state index contributed by atoms with van der Waals surface area (Å²) < 4.78 is 0. The Bertz CT molecular complexity index is 371. The standard InChI is InChI=1S/C13H22N4/c1-4-11-8-17(6-5-12(11)14)13-7-9(2)15-10(3)16-13/h7,11-12H,4-6,8,14H2,1-3H3. The Balaban J connectivity index is 2.17. The second kappa shape index (κ2) is 5.00. The molecule has 1 saturated heterocycles. The number of nitrogens with two attached hydrogens (primary N) is 1. The molecule has 2 unspecified atom stereocenters. The number of hydrogen-bond acceptors (Lipinski definition) is 4. The van der Waals surface area contributed by atoms with Crippen molar-refractivity contribution in [2.75, 3.05) is 18.0 Å². The maximum atomic E-state index is 6.13. The van der Waals surface area contributed by atoms with E-state index in [9.17, 15) is 0 Å². The first-order chi connectivity index (χ1) is 8.10. The lowest BCUT2D eigenvalue weighted by Crippen LogP contribution is -2.47. The third-order valence-corrected chi connectivity index (χ3v) is 3.59. The molecule has 0 aliphatic carbocycles. The number of aryl methyl sites for hydroxylation is 2. The molecule has 94 valence electrons. The van der Waals surface area contributed by atoms with Crippen LogP contribution in [0.5, 0.6) is 0 Å². The second-order valence-corrected chi connectivity index (χ2v) is 4.98. The summed E-state index contributed by atoms with van der Waals surface area (Å²) in [5.74, 6) is 2.49. The second-order valence-electron chi connectivity index (χ2n) is 4.98. The normalized spacial score (nSPS) is 25.1. The van der Waals surface area contributed by atoms with E-state index in [1.807, 2.05) is 13.8 Å². The molecule has 2 heterocycles. The van der Waals surface area contributed by atoms with Gasteiger partial charge in [0, 0.05) is 30.9 Å². The van der Waals surface area contributed by atoms with Gasteiger partial charge in [0.15, 0.2) is 0 Å². The number of piperidine rings is 1. The number of rotatable bonds is 2. The third-order valence-electron chi connectivity index (χ3n) is 3.59. The fourth-order valence-electron chi connectivity index (χ4n) is 2.55. The van der Waals surface area contributed by atoms with E-state index >= 15 is 0 Å². The summed E-state index contributed by atoms with van der Waals surface area (Å²) in [6, 6.07) is 2.41. The van der Waals surface area contributed by atoms with Gasteiger partial charge in [0.05, 0.1) is 0 Å². The lowest BCUT2D eigenvalue weighted by molar-refractivity contribution is 0.346. The highest BCUT2D eigenvalue weighted by Crippen LogP contribution is 2.23. The fraction of sp³-hybridized carbons (Fsp3) is 0.692. The summed E-state index contributed by atoms with van der Waals surface area (Å²) in [5, 5.41) is 0. The lowest BCUT2D eigenvalue weighted by Gasteiger charge is -2.37. The molecule has 1 aliphatic rings. The molecule has 2 atom stereocenters. The third kappa shape index (κ3) is 2.75. The minimum absolute atomic E-state index is 0.347. The van der Waals surface area contributed by atoms with Crippen LogP contribution in [-0.2, 0) is 0 Å². The van der Waals surface area contributed by atoms with Crippen LogP contribution in [0.4, 0.5) is 5.82 Å². The molecule has 2 N–H and O–H groups in total. The number of nitrogens with zero attached hydrogens (tertiary/aromatic N) is 3. The zero-order valence-electron chi connectivity index (χ0n) is 11.0. The summed E-state index contributed by atoms with van der Waals surface area (Å²) >= 11 is 0. The molecule has 2 rings (SSSR count). The van der Waals surface area contributed by atoms with E-state index in [1.54, 1.807) is 0 Å². The molecule has 17 heavy (non-hydrogen) atoms. The highest BCUT2D eigenvalue weighted by molar-refractivity contribution is 5.40. The van der Waals surface area contributed by atoms with Gasteiger partial charge in [-0.25, -0.2) is 9.97 Å². The lowest BCUT2D eigenvalue weighted by atomic mass is 9.91. The molecule has 4 heteroatoms. The van der Waals surface area contributed by atoms with Gasteiger partial charge in [-0.2, -0.15) is 0 Å². The van der Waals surface area contributed by atoms with E-state index in [4.69, 9.17) is 5.73 Å². The minimum atomic E-state index is 0.347. The van der Waals surface area contributed by atoms with E-state index in [0.29, 0.717) is 12.0 Å². The fourth-order valence-corrected chi connectivity index (χ4v) is 2.55. The van der Waals surface area contributed by atoms with Crippen LogP contribution in [-0.4, -0.2) is 29.1 Å². The van der Waals surface area contributed by atoms with E-state index in [2.05, 4.69) is 27.9 Å². The van der Waals surface area contributed by atoms with Gasteiger partial charge in [-0.15, -0.1) is 0 Å². The molecule has 0 aromatic carbocycles. The first-order valence-corrected chi connectivity index (χ1v) is 6.43. The van der Waals surface area contributed by atoms with Crippen LogP contribution in [0.1, 0.15) is 31.3 Å². The van der Waals surface area contributed by atoms with Gasteiger partial charge in [-0.3, -0.25) is 0 Å². The molecular formula is C13H22N4. The molecule has 1 aromatic rings. The smallest absolute Gasteiger partial charge is 0.132 e. The molecular weight excluding hydrogens is 212 g/mol. The summed E-state index contributed by atoms with van der Waals surface area (Å²) in [6.07, 6.45) is 2.20. The average molecular weight is 234 g/mol. The molecule has 0 radical (unpaired) electrons. The molecule has 0 bridgehead atoms. The number of hydrogen-bond donors (Lipinski definition) is 1. The van der Waals surface area contributed by atoms with Gasteiger partial charge in [-0.1, -0.05) is 13.3 Å². The van der Waals surface area contributed by atoms with Crippen molar-refractivity contribution in [1.29, 1.82) is 0 Å². The van der Waals surface area contributed by atoms with E-state index < -0.39 is 0 Å². The Kier molecular flexibility index (Phi) is 3.62. The topological polar surface area (TPSA) is 55.0 Å². The Morgan fingerprint density at radius 1 is 1.41 bits per heavy atom. The predicted octanol–water partition coefficient (Wildman–Crippen LogP) is 1.66. The highest BCUT2D eigenvalue weighted by Gasteiger charge is 2.26. The molecule has 1 aromatic heterocycles. The summed E-state index contributed by atoms with van der Waals surface area (Å²) in [7, 11) is 0. The maximum absolute atomic E-state index is 6.13. The summed E-state index contributed by atoms with van der Waals surface area (Å²) in [5.41, 5.74) is 7.17. The molecule has 0 amide bonds. The van der Waals surface area contributed by atoms with E-state index in [1.165, 1.54) is 0 Å². The van der Waals surface area contributed by atoms with Crippen molar-refractivity contribution >= 4 is 5.82 Å². The predicted molar refractivity (Wildman–Crippen MR) is 70.1 cm³/mol. The van der Waals surface area contributed by atoms with Crippen molar-refractivity contribution < 1.29 is 0 Å². The van der Waals surface area contributed by atoms with Crippen molar-refractivity contribution in [2.45, 2.75) is 39.7 Å². The van der Waals surface area contributed by atoms with Crippen LogP contribution in [0.15, 0.2) is 6.07 Å². The van der Waals surface area contributed by atoms with Crippen molar-refractivity contribution in [2.24, 2.45) is 11.7 Å². The van der Waals surface area contributed by atoms with Gasteiger partial charge >= 0.3 is 0 Å². The van der Waals surface area contributed by atoms with Crippen LogP contribution in [0.3, 0.4) is 0 Å². The van der Waals surface area contributed by atoms with Gasteiger partial charge in [0.25, 0.3) is 0 Å². The van der Waals surface area contributed by atoms with Crippen LogP contribution in [0.2, 0.25) is 0 Å². The van der Waals surface area contributed by atoms with Gasteiger partial charge in [0.1, 0.15) is 11.6 Å². The average Bonchev–Trinajstić information content (AvgIpc) is 2.28. The van der Waals surface area contributed by atoms with Crippen molar-refractivity contribution in [3.05, 3.63) is 17.6 Å². The Labute approximate surface area is 103 Å². The maximum Gasteiger partial charge on any atom is 0.132 e. The first kappa shape index (κ1) is 12.3. The summed E-state index contributed by atoms with van der Waals surface area (Å²) in [4.78, 5) is 11.2. The van der Waals surface area contributed by atoms with Crippen molar-refractivity contribution in [3.63, 3.8) is 0 Å². The van der Waals surface area contributed by atoms with Crippen LogP contribution in [0.25, 0.3) is 0 Å². The monoisotopic (exact) mass is 234 g/mol. The van der Waals surface area contributed by atoms with Crippen molar-refractivity contribution in [1.82, 2.24) is 9.97 Å². The van der Waals surface area contributed by atoms with Crippen LogP contribution < -0.4 is 10.6 Å². The number of anilines is 1. The Morgan fingerprint density at radius 2 is 2.18 bits per heavy atom. The number of aromatic nitrogens is 2. The summed E-state index contributed by atoms with van der Waals surface area (Å²) in [6.45, 7) is 8.21. The van der Waals surface area contributed by atoms with Gasteiger partial charge in [-0.05, 0) is 26.2 Å². The SMILES string of the molecule is CCC1CN(c2cc(C)nc(C)n2)CCC1N. The van der Waals surface area contributed by atoms with Crippen LogP contribution in [0, 0.1) is 19.8 Å². The van der Waals surface area contributed by atoms with E-state index in [0.717, 1.165) is 43.3 Å². The Hall–Kier alpha value is -1.16. The molecule has 1 aliphatic heterocycles. The zero-order valence-corrected chi connectivity index (χ0v) is 11.0. The molecule has 0 saturated carbocycles. The molecule has 0 spiro atoms. The van der Waals surface area contributed by atoms with Gasteiger partial charge < -0.3 is 10.6 Å². The van der Waals surface area contributed by atoms with E-state index in [-0.39, 0.29) is 0 Å². The molecule has 4 nitrogen and oxygen atoms in total. The van der Waals surface area contributed by atoms with Crippen LogP contribution >= 0.6 is 0 Å².